The third kappa shape index (κ3) is 7.62. The Morgan fingerprint density at radius 1 is 0.921 bits per heavy atom. The fourth-order valence-electron chi connectivity index (χ4n) is 3.41. The monoisotopic (exact) mass is 606 g/mol. The molecule has 190 valence electrons. The average molecular weight is 608 g/mol. The van der Waals surface area contributed by atoms with Gasteiger partial charge in [0.15, 0.2) is 0 Å². The number of hydrogen-bond acceptors (Lipinski definition) is 4. The summed E-state index contributed by atoms with van der Waals surface area (Å²) in [6.07, 6.45) is 1.49. The van der Waals surface area contributed by atoms with Crippen LogP contribution in [0.2, 0.25) is 10.0 Å². The number of carbonyl (C=O) groups is 1. The minimum atomic E-state index is -0.536. The molecule has 4 rings (SSSR count). The maximum absolute atomic E-state index is 12.8. The van der Waals surface area contributed by atoms with Crippen LogP contribution in [0.1, 0.15) is 16.7 Å². The molecule has 0 atom stereocenters. The van der Waals surface area contributed by atoms with E-state index in [-0.39, 0.29) is 12.2 Å². The summed E-state index contributed by atoms with van der Waals surface area (Å²) in [6, 6.07) is 29.1. The second kappa shape index (κ2) is 13.2. The van der Waals surface area contributed by atoms with Crippen LogP contribution in [0.25, 0.3) is 6.08 Å². The first-order valence-corrected chi connectivity index (χ1v) is 13.0. The lowest BCUT2D eigenvalue weighted by atomic mass is 10.1. The summed E-state index contributed by atoms with van der Waals surface area (Å²) >= 11 is 15.6. The number of nitrogens with one attached hydrogen (secondary N) is 1. The van der Waals surface area contributed by atoms with Crippen molar-refractivity contribution >= 4 is 56.8 Å². The van der Waals surface area contributed by atoms with E-state index in [1.54, 1.807) is 60.7 Å². The fraction of sp³-hybridized carbons (Fsp3) is 0.0667. The van der Waals surface area contributed by atoms with Crippen molar-refractivity contribution < 1.29 is 14.3 Å². The Labute approximate surface area is 239 Å². The Hall–Kier alpha value is -3.76. The lowest BCUT2D eigenvalue weighted by Gasteiger charge is -2.11. The average Bonchev–Trinajstić information content (AvgIpc) is 2.92. The highest BCUT2D eigenvalue weighted by molar-refractivity contribution is 9.10. The molecule has 0 spiro atoms. The number of carbonyl (C=O) groups excluding carboxylic acids is 1. The van der Waals surface area contributed by atoms with Crippen molar-refractivity contribution in [2.45, 2.75) is 13.2 Å². The van der Waals surface area contributed by atoms with Gasteiger partial charge < -0.3 is 14.8 Å². The maximum Gasteiger partial charge on any atom is 0.266 e. The first kappa shape index (κ1) is 27.3. The van der Waals surface area contributed by atoms with Crippen LogP contribution in [0.4, 0.5) is 5.69 Å². The van der Waals surface area contributed by atoms with E-state index in [2.05, 4.69) is 21.2 Å². The van der Waals surface area contributed by atoms with E-state index in [4.69, 9.17) is 32.7 Å². The number of rotatable bonds is 9. The highest BCUT2D eigenvalue weighted by Gasteiger charge is 2.12. The van der Waals surface area contributed by atoms with Gasteiger partial charge in [-0.15, -0.1) is 0 Å². The van der Waals surface area contributed by atoms with Gasteiger partial charge in [0.2, 0.25) is 0 Å². The van der Waals surface area contributed by atoms with Gasteiger partial charge in [-0.1, -0.05) is 75.5 Å². The van der Waals surface area contributed by atoms with Crippen LogP contribution in [0.5, 0.6) is 11.5 Å². The van der Waals surface area contributed by atoms with Gasteiger partial charge in [-0.2, -0.15) is 5.26 Å². The molecular weight excluding hydrogens is 587 g/mol. The zero-order chi connectivity index (χ0) is 26.9. The smallest absolute Gasteiger partial charge is 0.266 e. The molecular formula is C30H21BrCl2N2O3. The first-order valence-electron chi connectivity index (χ1n) is 11.5. The highest BCUT2D eigenvalue weighted by Crippen LogP contribution is 2.26. The molecule has 0 aliphatic rings. The van der Waals surface area contributed by atoms with Crippen molar-refractivity contribution in [1.82, 2.24) is 0 Å². The number of para-hydroxylation sites is 1. The predicted molar refractivity (Wildman–Crippen MR) is 154 cm³/mol. The normalized spacial score (nSPS) is 10.9. The predicted octanol–water partition coefficient (Wildman–Crippen LogP) is 8.46. The summed E-state index contributed by atoms with van der Waals surface area (Å²) < 4.78 is 12.7. The summed E-state index contributed by atoms with van der Waals surface area (Å²) in [7, 11) is 0. The number of benzene rings is 4. The minimum Gasteiger partial charge on any atom is -0.489 e. The minimum absolute atomic E-state index is 0.0684. The Morgan fingerprint density at radius 2 is 1.66 bits per heavy atom. The molecule has 0 fully saturated rings. The number of ether oxygens (including phenoxy) is 2. The molecule has 0 bridgehead atoms. The second-order valence-electron chi connectivity index (χ2n) is 8.13. The molecule has 38 heavy (non-hydrogen) atoms. The van der Waals surface area contributed by atoms with Crippen molar-refractivity contribution in [2.75, 3.05) is 5.32 Å². The molecule has 8 heteroatoms. The zero-order valence-corrected chi connectivity index (χ0v) is 23.1. The number of nitrogens with zero attached hydrogens (tertiary/aromatic N) is 1. The molecule has 0 unspecified atom stereocenters. The number of amides is 1. The Morgan fingerprint density at radius 3 is 2.37 bits per heavy atom. The summed E-state index contributed by atoms with van der Waals surface area (Å²) in [5.41, 5.74) is 2.85. The number of halogens is 3. The molecule has 0 aliphatic heterocycles. The van der Waals surface area contributed by atoms with Crippen LogP contribution >= 0.6 is 39.1 Å². The van der Waals surface area contributed by atoms with E-state index in [0.29, 0.717) is 39.4 Å². The van der Waals surface area contributed by atoms with Crippen LogP contribution in [-0.2, 0) is 18.0 Å². The molecule has 0 saturated heterocycles. The summed E-state index contributed by atoms with van der Waals surface area (Å²) in [5.74, 6) is 0.631. The van der Waals surface area contributed by atoms with E-state index < -0.39 is 5.91 Å². The van der Waals surface area contributed by atoms with E-state index in [0.717, 1.165) is 15.6 Å². The van der Waals surface area contributed by atoms with E-state index in [1.807, 2.05) is 36.4 Å². The van der Waals surface area contributed by atoms with Gasteiger partial charge in [0.05, 0.1) is 0 Å². The molecule has 0 radical (unpaired) electrons. The van der Waals surface area contributed by atoms with Crippen molar-refractivity contribution in [1.29, 1.82) is 5.26 Å². The van der Waals surface area contributed by atoms with Gasteiger partial charge in [0.1, 0.15) is 36.4 Å². The molecule has 4 aromatic rings. The van der Waals surface area contributed by atoms with Gasteiger partial charge in [0, 0.05) is 31.3 Å². The largest absolute Gasteiger partial charge is 0.489 e. The van der Waals surface area contributed by atoms with Crippen LogP contribution in [0, 0.1) is 11.3 Å². The van der Waals surface area contributed by atoms with Crippen molar-refractivity contribution in [3.8, 4) is 17.6 Å². The quantitative estimate of drug-likeness (QED) is 0.153. The lowest BCUT2D eigenvalue weighted by molar-refractivity contribution is -0.112. The molecule has 0 aromatic heterocycles. The Kier molecular flexibility index (Phi) is 9.45. The molecule has 0 heterocycles. The van der Waals surface area contributed by atoms with E-state index >= 15 is 0 Å². The summed E-state index contributed by atoms with van der Waals surface area (Å²) in [4.78, 5) is 12.8. The number of hydrogen-bond donors (Lipinski definition) is 1. The van der Waals surface area contributed by atoms with E-state index in [9.17, 15) is 10.1 Å². The second-order valence-corrected chi connectivity index (χ2v) is 9.89. The zero-order valence-electron chi connectivity index (χ0n) is 20.0. The molecule has 1 amide bonds. The van der Waals surface area contributed by atoms with Crippen LogP contribution in [0.15, 0.2) is 101 Å². The maximum atomic E-state index is 12.8. The van der Waals surface area contributed by atoms with Gasteiger partial charge in [-0.25, -0.2) is 0 Å². The van der Waals surface area contributed by atoms with E-state index in [1.165, 1.54) is 6.08 Å². The molecule has 1 N–H and O–H groups in total. The van der Waals surface area contributed by atoms with Gasteiger partial charge in [0.25, 0.3) is 5.91 Å². The Balaban J connectivity index is 1.40. The molecule has 4 aromatic carbocycles. The van der Waals surface area contributed by atoms with Gasteiger partial charge >= 0.3 is 0 Å². The standard InChI is InChI=1S/C30H21BrCl2N2O3/c31-24-8-5-20(6-9-24)18-37-27-13-11-26(12-14-27)35-30(36)23(17-34)15-21-3-1-2-4-29(21)38-19-22-7-10-25(32)16-28(22)33/h1-16H,18-19H2,(H,35,36)/b23-15+. The van der Waals surface area contributed by atoms with Crippen LogP contribution in [0.3, 0.4) is 0 Å². The fourth-order valence-corrected chi connectivity index (χ4v) is 4.14. The molecule has 0 aliphatic carbocycles. The first-order chi connectivity index (χ1) is 18.4. The lowest BCUT2D eigenvalue weighted by Crippen LogP contribution is -2.13. The van der Waals surface area contributed by atoms with Crippen molar-refractivity contribution in [3.63, 3.8) is 0 Å². The Bertz CT molecular complexity index is 1500. The molecule has 5 nitrogen and oxygen atoms in total. The van der Waals surface area contributed by atoms with Gasteiger partial charge in [-0.3, -0.25) is 4.79 Å². The highest BCUT2D eigenvalue weighted by atomic mass is 79.9. The SMILES string of the molecule is N#C/C(=C\c1ccccc1OCc1ccc(Cl)cc1Cl)C(=O)Nc1ccc(OCc2ccc(Br)cc2)cc1. The molecule has 0 saturated carbocycles. The number of nitriles is 1. The van der Waals surface area contributed by atoms with Crippen molar-refractivity contribution in [2.24, 2.45) is 0 Å². The van der Waals surface area contributed by atoms with Gasteiger partial charge in [-0.05, 0) is 66.2 Å². The van der Waals surface area contributed by atoms with Crippen molar-refractivity contribution in [3.05, 3.63) is 128 Å². The summed E-state index contributed by atoms with van der Waals surface area (Å²) in [5, 5.41) is 13.4. The third-order valence-electron chi connectivity index (χ3n) is 5.41. The third-order valence-corrected chi connectivity index (χ3v) is 6.53. The summed E-state index contributed by atoms with van der Waals surface area (Å²) in [6.45, 7) is 0.622. The van der Waals surface area contributed by atoms with Crippen LogP contribution in [-0.4, -0.2) is 5.91 Å². The number of anilines is 1. The van der Waals surface area contributed by atoms with Crippen LogP contribution < -0.4 is 14.8 Å². The topological polar surface area (TPSA) is 71.3 Å².